The monoisotopic (exact) mass is 801 g/mol. The Morgan fingerprint density at radius 1 is 0.953 bits per heavy atom. The van der Waals surface area contributed by atoms with Crippen LogP contribution in [0.4, 0.5) is 0 Å². The van der Waals surface area contributed by atoms with Crippen LogP contribution in [0.2, 0.25) is 0 Å². The maximum absolute atomic E-state index is 13.0. The third-order valence-electron chi connectivity index (χ3n) is 4.80. The van der Waals surface area contributed by atoms with Crippen LogP contribution in [0.3, 0.4) is 0 Å². The maximum Gasteiger partial charge on any atom is 2.00 e. The SMILES string of the molecule is C=O.CC.O=[C-]C(Cc1ccc(C(=O)O)cc1)NC(=O)C(Cc1ccc(OCC(=O)O)cc1)NC(=O)CS[CH2][Sb].[CH-]=C.[Nb+2]. The number of carboxylic acid groups (broad SMARTS) is 2. The topological polar surface area (TPSA) is 176 Å². The van der Waals surface area contributed by atoms with Crippen molar-refractivity contribution in [2.75, 3.05) is 16.1 Å². The van der Waals surface area contributed by atoms with Crippen LogP contribution in [0.25, 0.3) is 0 Å². The van der Waals surface area contributed by atoms with Gasteiger partial charge in [0.05, 0.1) is 5.56 Å². The summed E-state index contributed by atoms with van der Waals surface area (Å²) in [4.78, 5) is 66.6. The summed E-state index contributed by atoms with van der Waals surface area (Å²) in [7, 11) is 0. The molecule has 0 heterocycles. The van der Waals surface area contributed by atoms with Crippen molar-refractivity contribution in [3.63, 3.8) is 0 Å². The van der Waals surface area contributed by atoms with Gasteiger partial charge >= 0.3 is 205 Å². The molecule has 43 heavy (non-hydrogen) atoms. The Hall–Kier alpha value is -2.89. The van der Waals surface area contributed by atoms with E-state index in [1.807, 2.05) is 20.6 Å². The van der Waals surface area contributed by atoms with Crippen LogP contribution in [0.5, 0.6) is 5.75 Å². The molecule has 0 aromatic heterocycles. The predicted octanol–water partition coefficient (Wildman–Crippen LogP) is 2.02. The molecule has 0 bridgehead atoms. The number of carbonyl (C=O) groups excluding carboxylic acids is 4. The van der Waals surface area contributed by atoms with Crippen molar-refractivity contribution < 1.29 is 66.1 Å². The summed E-state index contributed by atoms with van der Waals surface area (Å²) in [6.07, 6.45) is 1.99. The van der Waals surface area contributed by atoms with Crippen molar-refractivity contribution in [3.8, 4) is 5.75 Å². The number of rotatable bonds is 15. The molecule has 2 unspecified atom stereocenters. The zero-order valence-corrected chi connectivity index (χ0v) is 29.4. The van der Waals surface area contributed by atoms with Gasteiger partial charge in [0.2, 0.25) is 0 Å². The Balaban J connectivity index is -0.00000214. The van der Waals surface area contributed by atoms with Gasteiger partial charge in [0.1, 0.15) is 6.79 Å². The molecule has 2 aromatic rings. The first kappa shape index (κ1) is 44.5. The summed E-state index contributed by atoms with van der Waals surface area (Å²) >= 11 is 2.98. The molecule has 2 amide bonds. The van der Waals surface area contributed by atoms with Crippen LogP contribution in [0.1, 0.15) is 35.3 Å². The van der Waals surface area contributed by atoms with E-state index in [1.54, 1.807) is 65.7 Å². The van der Waals surface area contributed by atoms with E-state index in [1.165, 1.54) is 23.9 Å². The fourth-order valence-corrected chi connectivity index (χ4v) is 4.24. The molecule has 11 nitrogen and oxygen atoms in total. The van der Waals surface area contributed by atoms with Gasteiger partial charge in [-0.05, 0) is 12.1 Å². The van der Waals surface area contributed by atoms with Gasteiger partial charge in [-0.3, -0.25) is 6.58 Å². The fraction of sp³-hybridized carbons (Fsp3) is 0.310. The largest absolute Gasteiger partial charge is 2.00 e. The van der Waals surface area contributed by atoms with Crippen molar-refractivity contribution in [3.05, 3.63) is 78.4 Å². The predicted molar refractivity (Wildman–Crippen MR) is 161 cm³/mol. The molecular formula is C29H35N2NbO9SSb. The molecule has 14 heteroatoms. The van der Waals surface area contributed by atoms with Crippen LogP contribution in [0, 0.1) is 6.58 Å². The van der Waals surface area contributed by atoms with Gasteiger partial charge in [-0.15, -0.1) is 0 Å². The van der Waals surface area contributed by atoms with Gasteiger partial charge < -0.3 is 21.6 Å². The van der Waals surface area contributed by atoms with Gasteiger partial charge in [-0.25, -0.2) is 9.59 Å². The van der Waals surface area contributed by atoms with E-state index in [9.17, 15) is 24.0 Å². The third-order valence-corrected chi connectivity index (χ3v) is 7.01. The second kappa shape index (κ2) is 27.9. The molecule has 3 radical (unpaired) electrons. The summed E-state index contributed by atoms with van der Waals surface area (Å²) in [5, 5.41) is 23.0. The first-order valence-corrected chi connectivity index (χ1v) is 15.3. The summed E-state index contributed by atoms with van der Waals surface area (Å²) in [6.45, 7) is 12.5. The molecule has 0 fully saturated rings. The van der Waals surface area contributed by atoms with Crippen LogP contribution < -0.4 is 15.4 Å². The number of hydrogen-bond donors (Lipinski definition) is 4. The summed E-state index contributed by atoms with van der Waals surface area (Å²) < 4.78 is 5.88. The summed E-state index contributed by atoms with van der Waals surface area (Å²) in [6, 6.07) is 10.4. The first-order valence-electron chi connectivity index (χ1n) is 12.3. The third kappa shape index (κ3) is 19.8. The Labute approximate surface area is 285 Å². The van der Waals surface area contributed by atoms with Crippen molar-refractivity contribution in [2.24, 2.45) is 0 Å². The minimum atomic E-state index is -1.11. The Kier molecular flexibility index (Phi) is 28.9. The average molecular weight is 802 g/mol. The second-order valence-electron chi connectivity index (χ2n) is 7.51. The number of aliphatic carboxylic acids is 1. The molecule has 0 saturated heterocycles. The maximum atomic E-state index is 13.0. The molecule has 0 aliphatic rings. The van der Waals surface area contributed by atoms with E-state index < -0.39 is 36.5 Å². The number of benzene rings is 2. The molecule has 0 aliphatic carbocycles. The van der Waals surface area contributed by atoms with Gasteiger partial charge in [0, 0.05) is 0 Å². The minimum Gasteiger partial charge on any atom is -0.521 e. The molecule has 2 aromatic carbocycles. The number of hydrogen-bond acceptors (Lipinski definition) is 8. The number of aromatic carboxylic acids is 1. The van der Waals surface area contributed by atoms with Crippen LogP contribution in [-0.2, 0) is 59.2 Å². The number of amides is 2. The summed E-state index contributed by atoms with van der Waals surface area (Å²) in [5.74, 6) is -2.56. The Bertz CT molecular complexity index is 1100. The van der Waals surface area contributed by atoms with E-state index in [0.29, 0.717) is 16.9 Å². The van der Waals surface area contributed by atoms with E-state index >= 15 is 0 Å². The smallest absolute Gasteiger partial charge is 0.521 e. The standard InChI is InChI=1S/C24H24N2O8S.C2H6.C2H3.CH2O.Nb.Sb/c1-35-14-21(28)26-20(11-16-4-8-19(9-5-16)34-13-22(29)30)23(31)25-18(12-27)10-15-2-6-17(7-3-15)24(32)33;3*1-2;;/h2-9,18,20H,1,10-11,13-14H2,(H,25,31)(H,26,28)(H,29,30)(H,32,33);1-2H3;1H,2H2;1H2;;/q-1;;-1;;+2;. The Morgan fingerprint density at radius 3 is 1.93 bits per heavy atom. The number of carbonyl (C=O) groups is 5. The normalized spacial score (nSPS) is 10.5. The van der Waals surface area contributed by atoms with E-state index in [2.05, 4.69) is 23.8 Å². The minimum absolute atomic E-state index is 0. The number of thioether (sulfide) groups is 1. The Morgan fingerprint density at radius 2 is 1.47 bits per heavy atom. The number of nitrogens with one attached hydrogen (secondary N) is 2. The molecule has 231 valence electrons. The van der Waals surface area contributed by atoms with E-state index in [4.69, 9.17) is 19.7 Å². The van der Waals surface area contributed by atoms with Crippen molar-refractivity contribution in [1.82, 2.24) is 10.6 Å². The quantitative estimate of drug-likeness (QED) is 0.154. The summed E-state index contributed by atoms with van der Waals surface area (Å²) in [5.41, 5.74) is 1.41. The van der Waals surface area contributed by atoms with Gasteiger partial charge in [0.15, 0.2) is 6.61 Å². The van der Waals surface area contributed by atoms with Crippen molar-refractivity contribution in [2.45, 2.75) is 38.8 Å². The molecule has 2 atom stereocenters. The van der Waals surface area contributed by atoms with Crippen molar-refractivity contribution >= 4 is 71.6 Å². The van der Waals surface area contributed by atoms with Gasteiger partial charge in [-0.2, -0.15) is 0 Å². The van der Waals surface area contributed by atoms with Gasteiger partial charge in [-0.1, -0.05) is 13.8 Å². The van der Waals surface area contributed by atoms with Crippen LogP contribution >= 0.6 is 11.8 Å². The number of ether oxygens (including phenoxy) is 1. The molecule has 0 saturated carbocycles. The molecule has 2 rings (SSSR count). The van der Waals surface area contributed by atoms with Crippen LogP contribution in [-0.4, -0.2) is 98.2 Å². The van der Waals surface area contributed by atoms with Crippen molar-refractivity contribution in [1.29, 1.82) is 0 Å². The number of carboxylic acids is 2. The van der Waals surface area contributed by atoms with E-state index in [-0.39, 0.29) is 52.4 Å². The second-order valence-corrected chi connectivity index (χ2v) is 10.7. The van der Waals surface area contributed by atoms with Gasteiger partial charge in [0.25, 0.3) is 0 Å². The average Bonchev–Trinajstić information content (AvgIpc) is 3.02. The zero-order chi connectivity index (χ0) is 32.5. The zero-order valence-electron chi connectivity index (χ0n) is 23.9. The molecule has 0 aliphatic heterocycles. The van der Waals surface area contributed by atoms with E-state index in [0.717, 1.165) is 3.70 Å². The fourth-order valence-electron chi connectivity index (χ4n) is 3.10. The molecular weight excluding hydrogens is 767 g/mol. The first-order chi connectivity index (χ1) is 20.2. The molecule has 4 N–H and O–H groups in total. The van der Waals surface area contributed by atoms with Crippen LogP contribution in [0.15, 0.2) is 55.1 Å². The molecule has 0 spiro atoms.